The van der Waals surface area contributed by atoms with Crippen molar-refractivity contribution < 1.29 is 14.3 Å². The Morgan fingerprint density at radius 3 is 2.11 bits per heavy atom. The van der Waals surface area contributed by atoms with Crippen molar-refractivity contribution in [3.8, 4) is 11.5 Å². The molecule has 5 nitrogen and oxygen atoms in total. The van der Waals surface area contributed by atoms with Gasteiger partial charge in [0.25, 0.3) is 0 Å². The third-order valence-corrected chi connectivity index (χ3v) is 5.98. The van der Waals surface area contributed by atoms with Crippen LogP contribution in [0.5, 0.6) is 11.5 Å². The number of carbonyl (C=O) groups is 1. The third-order valence-electron chi connectivity index (χ3n) is 5.98. The van der Waals surface area contributed by atoms with E-state index in [4.69, 9.17) is 15.2 Å². The van der Waals surface area contributed by atoms with Crippen LogP contribution in [0.25, 0.3) is 0 Å². The standard InChI is InChI=1S/C30H52N2O3/c1-5-6-7-8-9-10-11-12-13-14-15-16-17-18-19-20-29(33)32-24-26-21-22-27(28(23-26)34-4)35-25-30(2,3)31/h12-13,21-23H,5-11,14-20,24-25,31H2,1-4H3,(H,32,33)/b13-12-. The van der Waals surface area contributed by atoms with Crippen LogP contribution in [0.1, 0.15) is 116 Å². The fourth-order valence-electron chi connectivity index (χ4n) is 3.85. The maximum atomic E-state index is 12.2. The Balaban J connectivity index is 2.07. The van der Waals surface area contributed by atoms with Crippen LogP contribution in [0, 0.1) is 0 Å². The molecule has 1 aromatic carbocycles. The highest BCUT2D eigenvalue weighted by Crippen LogP contribution is 2.28. The van der Waals surface area contributed by atoms with Crippen molar-refractivity contribution in [3.05, 3.63) is 35.9 Å². The molecule has 0 aliphatic carbocycles. The van der Waals surface area contributed by atoms with Gasteiger partial charge in [-0.25, -0.2) is 0 Å². The topological polar surface area (TPSA) is 73.6 Å². The number of nitrogens with one attached hydrogen (secondary N) is 1. The Hall–Kier alpha value is -2.01. The lowest BCUT2D eigenvalue weighted by atomic mass is 10.1. The van der Waals surface area contributed by atoms with Gasteiger partial charge in [0, 0.05) is 18.5 Å². The Morgan fingerprint density at radius 1 is 0.914 bits per heavy atom. The number of hydrogen-bond donors (Lipinski definition) is 2. The molecule has 0 aliphatic heterocycles. The smallest absolute Gasteiger partial charge is 0.220 e. The van der Waals surface area contributed by atoms with Gasteiger partial charge in [0.05, 0.1) is 7.11 Å². The van der Waals surface area contributed by atoms with E-state index in [2.05, 4.69) is 24.4 Å². The summed E-state index contributed by atoms with van der Waals surface area (Å²) in [5, 5.41) is 3.01. The molecule has 3 N–H and O–H groups in total. The summed E-state index contributed by atoms with van der Waals surface area (Å²) < 4.78 is 11.2. The molecule has 1 amide bonds. The van der Waals surface area contributed by atoms with E-state index in [9.17, 15) is 4.79 Å². The molecule has 200 valence electrons. The summed E-state index contributed by atoms with van der Waals surface area (Å²) in [5.74, 6) is 1.42. The lowest BCUT2D eigenvalue weighted by Crippen LogP contribution is -2.38. The second-order valence-electron chi connectivity index (χ2n) is 10.4. The van der Waals surface area contributed by atoms with Gasteiger partial charge >= 0.3 is 0 Å². The normalized spacial score (nSPS) is 11.7. The first kappa shape index (κ1) is 31.0. The van der Waals surface area contributed by atoms with Gasteiger partial charge in [-0.05, 0) is 63.6 Å². The maximum Gasteiger partial charge on any atom is 0.220 e. The first-order valence-electron chi connectivity index (χ1n) is 13.9. The van der Waals surface area contributed by atoms with Crippen LogP contribution in [-0.2, 0) is 11.3 Å². The van der Waals surface area contributed by atoms with E-state index in [1.807, 2.05) is 32.0 Å². The highest BCUT2D eigenvalue weighted by atomic mass is 16.5. The Kier molecular flexibility index (Phi) is 17.0. The number of amides is 1. The SMILES string of the molecule is CCCCCCCC/C=C\CCCCCCCC(=O)NCc1ccc(OCC(C)(C)N)c(OC)c1. The molecule has 0 bridgehead atoms. The van der Waals surface area contributed by atoms with Gasteiger partial charge in [0.1, 0.15) is 6.61 Å². The minimum Gasteiger partial charge on any atom is -0.493 e. The summed E-state index contributed by atoms with van der Waals surface area (Å²) in [6.07, 6.45) is 21.7. The predicted molar refractivity (Wildman–Crippen MR) is 148 cm³/mol. The quantitative estimate of drug-likeness (QED) is 0.139. The van der Waals surface area contributed by atoms with E-state index in [1.54, 1.807) is 7.11 Å². The Labute approximate surface area is 215 Å². The molecule has 0 saturated carbocycles. The van der Waals surface area contributed by atoms with Crippen molar-refractivity contribution in [1.29, 1.82) is 0 Å². The van der Waals surface area contributed by atoms with Crippen LogP contribution in [0.2, 0.25) is 0 Å². The van der Waals surface area contributed by atoms with Crippen LogP contribution < -0.4 is 20.5 Å². The molecule has 0 unspecified atom stereocenters. The van der Waals surface area contributed by atoms with Gasteiger partial charge in [-0.15, -0.1) is 0 Å². The van der Waals surface area contributed by atoms with Crippen LogP contribution in [0.15, 0.2) is 30.4 Å². The van der Waals surface area contributed by atoms with Gasteiger partial charge in [0.15, 0.2) is 11.5 Å². The molecule has 0 aliphatic rings. The van der Waals surface area contributed by atoms with E-state index in [0.717, 1.165) is 18.4 Å². The summed E-state index contributed by atoms with van der Waals surface area (Å²) in [4.78, 5) is 12.2. The van der Waals surface area contributed by atoms with Gasteiger partial charge in [-0.2, -0.15) is 0 Å². The average molecular weight is 489 g/mol. The van der Waals surface area contributed by atoms with E-state index >= 15 is 0 Å². The third kappa shape index (κ3) is 17.1. The lowest BCUT2D eigenvalue weighted by molar-refractivity contribution is -0.121. The summed E-state index contributed by atoms with van der Waals surface area (Å²) in [7, 11) is 1.62. The van der Waals surface area contributed by atoms with E-state index in [0.29, 0.717) is 31.1 Å². The monoisotopic (exact) mass is 488 g/mol. The number of carbonyl (C=O) groups excluding carboxylic acids is 1. The van der Waals surface area contributed by atoms with Crippen LogP contribution >= 0.6 is 0 Å². The molecule has 0 atom stereocenters. The van der Waals surface area contributed by atoms with Gasteiger partial charge in [-0.1, -0.05) is 76.5 Å². The predicted octanol–water partition coefficient (Wildman–Crippen LogP) is 7.47. The number of benzene rings is 1. The molecule has 0 heterocycles. The summed E-state index contributed by atoms with van der Waals surface area (Å²) in [6.45, 7) is 6.99. The molecule has 35 heavy (non-hydrogen) atoms. The summed E-state index contributed by atoms with van der Waals surface area (Å²) in [5.41, 5.74) is 6.56. The molecule has 0 spiro atoms. The van der Waals surface area contributed by atoms with E-state index in [1.165, 1.54) is 70.6 Å². The molecular weight excluding hydrogens is 436 g/mol. The molecule has 1 aromatic rings. The Morgan fingerprint density at radius 2 is 1.51 bits per heavy atom. The molecular formula is C30H52N2O3. The number of unbranched alkanes of at least 4 members (excludes halogenated alkanes) is 11. The highest BCUT2D eigenvalue weighted by Gasteiger charge is 2.14. The molecule has 5 heteroatoms. The molecule has 0 saturated heterocycles. The Bertz CT molecular complexity index is 710. The molecule has 0 aromatic heterocycles. The van der Waals surface area contributed by atoms with Crippen molar-refractivity contribution in [2.45, 2.75) is 123 Å². The summed E-state index contributed by atoms with van der Waals surface area (Å²) in [6, 6.07) is 5.72. The fraction of sp³-hybridized carbons (Fsp3) is 0.700. The molecule has 0 fully saturated rings. The first-order chi connectivity index (χ1) is 16.9. The van der Waals surface area contributed by atoms with Gasteiger partial charge < -0.3 is 20.5 Å². The number of allylic oxidation sites excluding steroid dienone is 2. The van der Waals surface area contributed by atoms with Crippen molar-refractivity contribution >= 4 is 5.91 Å². The number of ether oxygens (including phenoxy) is 2. The first-order valence-corrected chi connectivity index (χ1v) is 13.9. The molecule has 1 rings (SSSR count). The largest absolute Gasteiger partial charge is 0.493 e. The number of nitrogens with two attached hydrogens (primary N) is 1. The van der Waals surface area contributed by atoms with Crippen molar-refractivity contribution in [1.82, 2.24) is 5.32 Å². The van der Waals surface area contributed by atoms with E-state index in [-0.39, 0.29) is 5.91 Å². The van der Waals surface area contributed by atoms with E-state index < -0.39 is 5.54 Å². The minimum absolute atomic E-state index is 0.104. The zero-order valence-corrected chi connectivity index (χ0v) is 23.0. The van der Waals surface area contributed by atoms with Crippen molar-refractivity contribution in [2.24, 2.45) is 5.73 Å². The van der Waals surface area contributed by atoms with Crippen LogP contribution in [0.3, 0.4) is 0 Å². The number of methoxy groups -OCH3 is 1. The second-order valence-corrected chi connectivity index (χ2v) is 10.4. The number of rotatable bonds is 21. The van der Waals surface area contributed by atoms with Gasteiger partial charge in [0.2, 0.25) is 5.91 Å². The number of hydrogen-bond acceptors (Lipinski definition) is 4. The average Bonchev–Trinajstić information content (AvgIpc) is 2.83. The second kappa shape index (κ2) is 19.2. The van der Waals surface area contributed by atoms with Gasteiger partial charge in [-0.3, -0.25) is 4.79 Å². The summed E-state index contributed by atoms with van der Waals surface area (Å²) >= 11 is 0. The van der Waals surface area contributed by atoms with Crippen molar-refractivity contribution in [2.75, 3.05) is 13.7 Å². The van der Waals surface area contributed by atoms with Crippen LogP contribution in [-0.4, -0.2) is 25.2 Å². The van der Waals surface area contributed by atoms with Crippen molar-refractivity contribution in [3.63, 3.8) is 0 Å². The lowest BCUT2D eigenvalue weighted by Gasteiger charge is -2.20. The maximum absolute atomic E-state index is 12.2. The van der Waals surface area contributed by atoms with Crippen LogP contribution in [0.4, 0.5) is 0 Å². The minimum atomic E-state index is -0.415. The molecule has 0 radical (unpaired) electrons. The zero-order valence-electron chi connectivity index (χ0n) is 23.0. The zero-order chi connectivity index (χ0) is 25.8. The highest BCUT2D eigenvalue weighted by molar-refractivity contribution is 5.75. The fourth-order valence-corrected chi connectivity index (χ4v) is 3.85.